The highest BCUT2D eigenvalue weighted by atomic mass is 79.9. The van der Waals surface area contributed by atoms with Gasteiger partial charge in [0.15, 0.2) is 0 Å². The summed E-state index contributed by atoms with van der Waals surface area (Å²) in [6.45, 7) is 3.88. The van der Waals surface area contributed by atoms with Gasteiger partial charge >= 0.3 is 0 Å². The molecule has 0 bridgehead atoms. The number of pyridine rings is 1. The van der Waals surface area contributed by atoms with E-state index in [1.54, 1.807) is 18.5 Å². The van der Waals surface area contributed by atoms with E-state index in [-0.39, 0.29) is 11.9 Å². The summed E-state index contributed by atoms with van der Waals surface area (Å²) in [5.41, 5.74) is 7.63. The molecule has 2 aromatic rings. The lowest BCUT2D eigenvalue weighted by atomic mass is 10.0. The van der Waals surface area contributed by atoms with Gasteiger partial charge in [-0.25, -0.2) is 4.39 Å². The molecule has 1 atom stereocenters. The average Bonchev–Trinajstić information content (AvgIpc) is 2.36. The maximum Gasteiger partial charge on any atom is 0.138 e. The van der Waals surface area contributed by atoms with Crippen molar-refractivity contribution >= 4 is 15.9 Å². The Morgan fingerprint density at radius 1 is 1.15 bits per heavy atom. The van der Waals surface area contributed by atoms with Gasteiger partial charge in [-0.3, -0.25) is 4.98 Å². The first-order chi connectivity index (χ1) is 9.45. The molecule has 0 saturated heterocycles. The molecule has 0 aliphatic heterocycles. The van der Waals surface area contributed by atoms with Gasteiger partial charge < -0.3 is 10.5 Å². The lowest BCUT2D eigenvalue weighted by molar-refractivity contribution is 0.241. The Morgan fingerprint density at radius 3 is 2.55 bits per heavy atom. The van der Waals surface area contributed by atoms with Crippen molar-refractivity contribution in [1.29, 1.82) is 0 Å². The van der Waals surface area contributed by atoms with Crippen LogP contribution in [0, 0.1) is 5.82 Å². The predicted octanol–water partition coefficient (Wildman–Crippen LogP) is 3.82. The van der Waals surface area contributed by atoms with Crippen molar-refractivity contribution in [1.82, 2.24) is 4.98 Å². The molecule has 2 rings (SSSR count). The minimum Gasteiger partial charge on any atom is -0.489 e. The molecule has 0 fully saturated rings. The van der Waals surface area contributed by atoms with Crippen LogP contribution in [0.2, 0.25) is 0 Å². The Hall–Kier alpha value is -1.46. The second kappa shape index (κ2) is 6.33. The van der Waals surface area contributed by atoms with Crippen LogP contribution in [0.1, 0.15) is 31.0 Å². The molecule has 0 aliphatic carbocycles. The molecule has 0 radical (unpaired) electrons. The number of hydrogen-bond donors (Lipinski definition) is 1. The van der Waals surface area contributed by atoms with E-state index in [9.17, 15) is 4.39 Å². The van der Waals surface area contributed by atoms with Crippen LogP contribution in [0.25, 0.3) is 0 Å². The second-order valence-electron chi connectivity index (χ2n) is 4.80. The lowest BCUT2D eigenvalue weighted by Gasteiger charge is -2.15. The minimum absolute atomic E-state index is 0.0617. The van der Waals surface area contributed by atoms with E-state index in [0.717, 1.165) is 5.56 Å². The van der Waals surface area contributed by atoms with Crippen LogP contribution in [0.4, 0.5) is 4.39 Å². The number of hydrogen-bond acceptors (Lipinski definition) is 3. The molecule has 5 heteroatoms. The average molecular weight is 339 g/mol. The van der Waals surface area contributed by atoms with Crippen molar-refractivity contribution in [3.05, 3.63) is 58.1 Å². The second-order valence-corrected chi connectivity index (χ2v) is 5.72. The molecule has 1 aromatic carbocycles. The summed E-state index contributed by atoms with van der Waals surface area (Å²) in [6.07, 6.45) is 3.36. The van der Waals surface area contributed by atoms with Crippen LogP contribution in [0.5, 0.6) is 5.75 Å². The Morgan fingerprint density at radius 2 is 1.90 bits per heavy atom. The summed E-state index contributed by atoms with van der Waals surface area (Å²) in [5.74, 6) is 0.329. The van der Waals surface area contributed by atoms with E-state index in [1.807, 2.05) is 19.9 Å². The summed E-state index contributed by atoms with van der Waals surface area (Å²) in [7, 11) is 0. The molecule has 3 nitrogen and oxygen atoms in total. The Balaban J connectivity index is 2.30. The van der Waals surface area contributed by atoms with E-state index in [2.05, 4.69) is 20.9 Å². The van der Waals surface area contributed by atoms with Crippen molar-refractivity contribution in [2.45, 2.75) is 26.0 Å². The Kier molecular flexibility index (Phi) is 4.73. The highest BCUT2D eigenvalue weighted by molar-refractivity contribution is 9.10. The molecular weight excluding hydrogens is 323 g/mol. The summed E-state index contributed by atoms with van der Waals surface area (Å²) in [4.78, 5) is 4.12. The Labute approximate surface area is 126 Å². The molecular formula is C15H16BrFN2O. The van der Waals surface area contributed by atoms with Gasteiger partial charge in [-0.1, -0.05) is 15.9 Å². The highest BCUT2D eigenvalue weighted by Gasteiger charge is 2.12. The van der Waals surface area contributed by atoms with Gasteiger partial charge in [0.1, 0.15) is 11.6 Å². The van der Waals surface area contributed by atoms with Gasteiger partial charge in [0.25, 0.3) is 0 Å². The molecule has 0 aliphatic rings. The monoisotopic (exact) mass is 338 g/mol. The number of nitrogens with zero attached hydrogens (tertiary/aromatic N) is 1. The third kappa shape index (κ3) is 3.77. The first kappa shape index (κ1) is 14.9. The zero-order valence-electron chi connectivity index (χ0n) is 11.3. The standard InChI is InChI=1S/C15H16BrFN2O/c1-9(2)20-14-5-11(7-19-8-14)15(18)10-3-12(16)6-13(17)4-10/h3-9,15H,18H2,1-2H3. The molecule has 1 heterocycles. The van der Waals surface area contributed by atoms with Crippen LogP contribution in [-0.2, 0) is 0 Å². The molecule has 2 N–H and O–H groups in total. The van der Waals surface area contributed by atoms with Crippen LogP contribution >= 0.6 is 15.9 Å². The Bertz CT molecular complexity index is 584. The summed E-state index contributed by atoms with van der Waals surface area (Å²) in [5, 5.41) is 0. The number of halogens is 2. The SMILES string of the molecule is CC(C)Oc1cncc(C(N)c2cc(F)cc(Br)c2)c1. The fourth-order valence-corrected chi connectivity index (χ4v) is 2.37. The maximum atomic E-state index is 13.4. The maximum absolute atomic E-state index is 13.4. The van der Waals surface area contributed by atoms with Gasteiger partial charge in [-0.05, 0) is 49.2 Å². The normalized spacial score (nSPS) is 12.5. The van der Waals surface area contributed by atoms with Crippen molar-refractivity contribution in [2.24, 2.45) is 5.73 Å². The predicted molar refractivity (Wildman–Crippen MR) is 80.1 cm³/mol. The van der Waals surface area contributed by atoms with Crippen LogP contribution in [0.3, 0.4) is 0 Å². The third-order valence-electron chi connectivity index (χ3n) is 2.71. The first-order valence-electron chi connectivity index (χ1n) is 6.29. The van der Waals surface area contributed by atoms with Crippen molar-refractivity contribution in [3.63, 3.8) is 0 Å². The number of rotatable bonds is 4. The van der Waals surface area contributed by atoms with Crippen LogP contribution in [0.15, 0.2) is 41.1 Å². The van der Waals surface area contributed by atoms with Gasteiger partial charge in [0, 0.05) is 10.7 Å². The molecule has 20 heavy (non-hydrogen) atoms. The van der Waals surface area contributed by atoms with Gasteiger partial charge in [0.2, 0.25) is 0 Å². The number of ether oxygens (including phenoxy) is 1. The van der Waals surface area contributed by atoms with Crippen molar-refractivity contribution < 1.29 is 9.13 Å². The summed E-state index contributed by atoms with van der Waals surface area (Å²) >= 11 is 3.27. The third-order valence-corrected chi connectivity index (χ3v) is 3.17. The lowest BCUT2D eigenvalue weighted by Crippen LogP contribution is -2.13. The smallest absolute Gasteiger partial charge is 0.138 e. The van der Waals surface area contributed by atoms with Gasteiger partial charge in [0.05, 0.1) is 18.3 Å². The summed E-state index contributed by atoms with van der Waals surface area (Å²) in [6, 6.07) is 5.99. The molecule has 0 saturated carbocycles. The van der Waals surface area contributed by atoms with Crippen molar-refractivity contribution in [3.8, 4) is 5.75 Å². The number of aromatic nitrogens is 1. The van der Waals surface area contributed by atoms with Crippen LogP contribution in [-0.4, -0.2) is 11.1 Å². The van der Waals surface area contributed by atoms with Crippen molar-refractivity contribution in [2.75, 3.05) is 0 Å². The van der Waals surface area contributed by atoms with E-state index < -0.39 is 6.04 Å². The van der Waals surface area contributed by atoms with E-state index >= 15 is 0 Å². The number of benzene rings is 1. The van der Waals surface area contributed by atoms with Gasteiger partial charge in [-0.15, -0.1) is 0 Å². The number of nitrogens with two attached hydrogens (primary N) is 1. The molecule has 0 spiro atoms. The van der Waals surface area contributed by atoms with Gasteiger partial charge in [-0.2, -0.15) is 0 Å². The molecule has 1 aromatic heterocycles. The first-order valence-corrected chi connectivity index (χ1v) is 7.08. The zero-order valence-corrected chi connectivity index (χ0v) is 12.9. The quantitative estimate of drug-likeness (QED) is 0.921. The zero-order chi connectivity index (χ0) is 14.7. The molecule has 0 amide bonds. The van der Waals surface area contributed by atoms with E-state index in [0.29, 0.717) is 15.8 Å². The highest BCUT2D eigenvalue weighted by Crippen LogP contribution is 2.25. The largest absolute Gasteiger partial charge is 0.489 e. The molecule has 106 valence electrons. The van der Waals surface area contributed by atoms with E-state index in [1.165, 1.54) is 12.1 Å². The fourth-order valence-electron chi connectivity index (χ4n) is 1.89. The van der Waals surface area contributed by atoms with E-state index in [4.69, 9.17) is 10.5 Å². The summed E-state index contributed by atoms with van der Waals surface area (Å²) < 4.78 is 19.7. The fraction of sp³-hybridized carbons (Fsp3) is 0.267. The van der Waals surface area contributed by atoms with Crippen LogP contribution < -0.4 is 10.5 Å². The topological polar surface area (TPSA) is 48.1 Å². The minimum atomic E-state index is -0.454. The molecule has 1 unspecified atom stereocenters.